The Morgan fingerprint density at radius 1 is 0.379 bits per heavy atom. The quantitative estimate of drug-likeness (QED) is 0.0348. The van der Waals surface area contributed by atoms with E-state index < -0.39 is 6.10 Å². The lowest BCUT2D eigenvalue weighted by Crippen LogP contribution is -2.30. The van der Waals surface area contributed by atoms with E-state index in [4.69, 9.17) is 14.2 Å². The van der Waals surface area contributed by atoms with Gasteiger partial charge in [0.05, 0.1) is 6.61 Å². The van der Waals surface area contributed by atoms with E-state index in [0.29, 0.717) is 19.4 Å². The average Bonchev–Trinajstić information content (AvgIpc) is 3.22. The van der Waals surface area contributed by atoms with Crippen molar-refractivity contribution in [2.75, 3.05) is 19.8 Å². The molecule has 0 amide bonds. The third-order valence-corrected chi connectivity index (χ3v) is 10.8. The molecule has 0 aromatic rings. The molecule has 0 fully saturated rings. The van der Waals surface area contributed by atoms with Crippen molar-refractivity contribution < 1.29 is 23.8 Å². The molecule has 0 N–H and O–H groups in total. The normalized spacial score (nSPS) is 12.5. The number of hydrogen-bond donors (Lipinski definition) is 0. The van der Waals surface area contributed by atoms with Crippen LogP contribution in [0, 0.1) is 0 Å². The van der Waals surface area contributed by atoms with Gasteiger partial charge in [0.15, 0.2) is 6.10 Å². The summed E-state index contributed by atoms with van der Waals surface area (Å²) in [5.74, 6) is -0.414. The lowest BCUT2D eigenvalue weighted by atomic mass is 10.1. The van der Waals surface area contributed by atoms with Gasteiger partial charge in [0.1, 0.15) is 6.61 Å². The number of carbonyl (C=O) groups is 2. The van der Waals surface area contributed by atoms with Crippen molar-refractivity contribution in [3.63, 3.8) is 0 Å². The van der Waals surface area contributed by atoms with E-state index in [9.17, 15) is 9.59 Å². The van der Waals surface area contributed by atoms with Crippen molar-refractivity contribution in [3.8, 4) is 0 Å². The van der Waals surface area contributed by atoms with Gasteiger partial charge in [-0.15, -0.1) is 0 Å². The minimum atomic E-state index is -0.537. The lowest BCUT2D eigenvalue weighted by molar-refractivity contribution is -0.163. The third-order valence-electron chi connectivity index (χ3n) is 10.8. The Labute approximate surface area is 361 Å². The van der Waals surface area contributed by atoms with Gasteiger partial charge in [-0.1, -0.05) is 204 Å². The Balaban J connectivity index is 4.03. The van der Waals surface area contributed by atoms with Crippen LogP contribution in [0.3, 0.4) is 0 Å². The van der Waals surface area contributed by atoms with Crippen molar-refractivity contribution in [1.29, 1.82) is 0 Å². The molecule has 0 aromatic heterocycles. The maximum absolute atomic E-state index is 12.6. The van der Waals surface area contributed by atoms with E-state index in [1.165, 1.54) is 161 Å². The van der Waals surface area contributed by atoms with Crippen molar-refractivity contribution >= 4 is 11.9 Å². The Morgan fingerprint density at radius 2 is 0.724 bits per heavy atom. The molecule has 0 aromatic carbocycles. The monoisotopic (exact) mass is 813 g/mol. The van der Waals surface area contributed by atoms with Crippen LogP contribution in [0.15, 0.2) is 48.6 Å². The molecule has 5 nitrogen and oxygen atoms in total. The van der Waals surface area contributed by atoms with E-state index in [2.05, 4.69) is 69.4 Å². The number of allylic oxidation sites excluding steroid dienone is 8. The Morgan fingerprint density at radius 3 is 1.21 bits per heavy atom. The predicted molar refractivity (Wildman–Crippen MR) is 251 cm³/mol. The van der Waals surface area contributed by atoms with Crippen LogP contribution >= 0.6 is 0 Å². The van der Waals surface area contributed by atoms with Crippen LogP contribution in [0.4, 0.5) is 0 Å². The third kappa shape index (κ3) is 46.5. The molecule has 0 spiro atoms. The molecular formula is C53H96O5. The fourth-order valence-corrected chi connectivity index (χ4v) is 7.04. The first-order valence-electron chi connectivity index (χ1n) is 25.2. The van der Waals surface area contributed by atoms with E-state index in [0.717, 1.165) is 57.8 Å². The van der Waals surface area contributed by atoms with E-state index in [1.54, 1.807) is 0 Å². The van der Waals surface area contributed by atoms with Crippen LogP contribution < -0.4 is 0 Å². The fraction of sp³-hybridized carbons (Fsp3) is 0.811. The summed E-state index contributed by atoms with van der Waals surface area (Å²) in [6, 6.07) is 0. The first kappa shape index (κ1) is 55.9. The molecule has 5 heteroatoms. The smallest absolute Gasteiger partial charge is 0.306 e. The maximum Gasteiger partial charge on any atom is 0.306 e. The van der Waals surface area contributed by atoms with Crippen molar-refractivity contribution in [3.05, 3.63) is 48.6 Å². The highest BCUT2D eigenvalue weighted by atomic mass is 16.6. The van der Waals surface area contributed by atoms with Gasteiger partial charge in [0.2, 0.25) is 0 Å². The zero-order valence-corrected chi connectivity index (χ0v) is 38.8. The lowest BCUT2D eigenvalue weighted by Gasteiger charge is -2.18. The molecular weight excluding hydrogens is 717 g/mol. The van der Waals surface area contributed by atoms with Gasteiger partial charge in [-0.3, -0.25) is 9.59 Å². The van der Waals surface area contributed by atoms with Crippen molar-refractivity contribution in [1.82, 2.24) is 0 Å². The molecule has 0 heterocycles. The Kier molecular flexibility index (Phi) is 47.4. The van der Waals surface area contributed by atoms with Gasteiger partial charge < -0.3 is 14.2 Å². The Bertz CT molecular complexity index is 966. The summed E-state index contributed by atoms with van der Waals surface area (Å²) in [5.41, 5.74) is 0. The second kappa shape index (κ2) is 49.2. The second-order valence-corrected chi connectivity index (χ2v) is 16.7. The van der Waals surface area contributed by atoms with Crippen LogP contribution in [0.1, 0.15) is 252 Å². The summed E-state index contributed by atoms with van der Waals surface area (Å²) in [6.07, 6.45) is 60.0. The molecule has 0 radical (unpaired) electrons. The predicted octanol–water partition coefficient (Wildman–Crippen LogP) is 16.8. The van der Waals surface area contributed by atoms with Gasteiger partial charge in [-0.2, -0.15) is 0 Å². The SMILES string of the molecule is CCCCC/C=C\C/C=C\C/C=C\CCCCCCCCCOCC(COC(=O)CCCCCCCCC/C=C\CCCCCCCC)OC(=O)CCCCCCC. The largest absolute Gasteiger partial charge is 0.462 e. The second-order valence-electron chi connectivity index (χ2n) is 16.7. The van der Waals surface area contributed by atoms with Crippen molar-refractivity contribution in [2.24, 2.45) is 0 Å². The minimum absolute atomic E-state index is 0.0799. The van der Waals surface area contributed by atoms with Gasteiger partial charge in [0.25, 0.3) is 0 Å². The van der Waals surface area contributed by atoms with Crippen LogP contribution in [0.5, 0.6) is 0 Å². The highest BCUT2D eigenvalue weighted by Crippen LogP contribution is 2.14. The molecule has 0 saturated carbocycles. The number of esters is 2. The van der Waals surface area contributed by atoms with Crippen LogP contribution in [0.2, 0.25) is 0 Å². The molecule has 0 saturated heterocycles. The van der Waals surface area contributed by atoms with Crippen LogP contribution in [0.25, 0.3) is 0 Å². The van der Waals surface area contributed by atoms with Crippen molar-refractivity contribution in [2.45, 2.75) is 258 Å². The standard InChI is InChI=1S/C53H96O5/c1-4-7-10-13-15-17-19-21-23-25-26-27-29-31-33-35-37-39-42-45-48-56-49-51(58-53(55)47-44-40-12-9-6-3)50-57-52(54)46-43-41-38-36-34-32-30-28-24-22-20-18-16-14-11-8-5-2/h15,17,21-24,26-27,51H,4-14,16,18-20,25,28-50H2,1-3H3/b17-15-,23-21-,24-22-,27-26-. The summed E-state index contributed by atoms with van der Waals surface area (Å²) in [4.78, 5) is 25.1. The number of rotatable bonds is 46. The highest BCUT2D eigenvalue weighted by molar-refractivity contribution is 5.70. The summed E-state index contributed by atoms with van der Waals surface area (Å²) in [5, 5.41) is 0. The molecule has 1 atom stereocenters. The van der Waals surface area contributed by atoms with E-state index in [-0.39, 0.29) is 25.2 Å². The van der Waals surface area contributed by atoms with Gasteiger partial charge in [-0.25, -0.2) is 0 Å². The van der Waals surface area contributed by atoms with Crippen LogP contribution in [-0.4, -0.2) is 37.9 Å². The van der Waals surface area contributed by atoms with Crippen LogP contribution in [-0.2, 0) is 23.8 Å². The molecule has 0 aliphatic heterocycles. The van der Waals surface area contributed by atoms with Gasteiger partial charge in [0, 0.05) is 19.4 Å². The zero-order valence-electron chi connectivity index (χ0n) is 38.8. The minimum Gasteiger partial charge on any atom is -0.462 e. The molecule has 0 aliphatic carbocycles. The summed E-state index contributed by atoms with van der Waals surface area (Å²) < 4.78 is 17.2. The zero-order chi connectivity index (χ0) is 42.1. The highest BCUT2D eigenvalue weighted by Gasteiger charge is 2.17. The summed E-state index contributed by atoms with van der Waals surface area (Å²) in [6.45, 7) is 7.72. The first-order valence-corrected chi connectivity index (χ1v) is 25.2. The van der Waals surface area contributed by atoms with E-state index >= 15 is 0 Å². The maximum atomic E-state index is 12.6. The van der Waals surface area contributed by atoms with E-state index in [1.807, 2.05) is 0 Å². The Hall–Kier alpha value is -2.14. The number of hydrogen-bond acceptors (Lipinski definition) is 5. The van der Waals surface area contributed by atoms with Gasteiger partial charge >= 0.3 is 11.9 Å². The molecule has 0 aliphatic rings. The average molecular weight is 813 g/mol. The molecule has 338 valence electrons. The summed E-state index contributed by atoms with van der Waals surface area (Å²) in [7, 11) is 0. The topological polar surface area (TPSA) is 61.8 Å². The molecule has 58 heavy (non-hydrogen) atoms. The number of ether oxygens (including phenoxy) is 3. The van der Waals surface area contributed by atoms with Gasteiger partial charge in [-0.05, 0) is 83.5 Å². The summed E-state index contributed by atoms with van der Waals surface area (Å²) >= 11 is 0. The molecule has 0 bridgehead atoms. The number of carbonyl (C=O) groups excluding carboxylic acids is 2. The molecule has 0 rings (SSSR count). The first-order chi connectivity index (χ1) is 28.6. The fourth-order valence-electron chi connectivity index (χ4n) is 7.04. The molecule has 1 unspecified atom stereocenters. The number of unbranched alkanes of at least 4 members (excludes halogenated alkanes) is 27.